The van der Waals surface area contributed by atoms with E-state index in [4.69, 9.17) is 14.7 Å². The molecule has 0 amide bonds. The molecule has 1 aliphatic heterocycles. The van der Waals surface area contributed by atoms with Crippen LogP contribution in [0.15, 0.2) is 54.9 Å². The summed E-state index contributed by atoms with van der Waals surface area (Å²) >= 11 is 0. The minimum atomic E-state index is 0.803. The summed E-state index contributed by atoms with van der Waals surface area (Å²) in [5, 5.41) is 0. The van der Waals surface area contributed by atoms with E-state index in [9.17, 15) is 0 Å². The molecule has 0 atom stereocenters. The zero-order valence-corrected chi connectivity index (χ0v) is 14.2. The van der Waals surface area contributed by atoms with Crippen LogP contribution >= 0.6 is 0 Å². The van der Waals surface area contributed by atoms with E-state index in [1.165, 1.54) is 12.8 Å². The van der Waals surface area contributed by atoms with Gasteiger partial charge in [-0.3, -0.25) is 4.98 Å². The third-order valence-corrected chi connectivity index (χ3v) is 4.47. The largest absolute Gasteiger partial charge is 0.497 e. The van der Waals surface area contributed by atoms with Crippen LogP contribution in [0.3, 0.4) is 0 Å². The van der Waals surface area contributed by atoms with E-state index in [1.807, 2.05) is 42.5 Å². The fourth-order valence-corrected chi connectivity index (χ4v) is 3.07. The standard InChI is InChI=1S/C20H20N4O/c1-25-17-6-4-15(5-7-17)18-14-19(16-8-10-21-11-9-16)23-20(22-18)24-12-2-3-13-24/h4-11,14H,2-3,12-13H2,1H3. The molecule has 3 heterocycles. The van der Waals surface area contributed by atoms with Crippen LogP contribution in [0.2, 0.25) is 0 Å². The fourth-order valence-electron chi connectivity index (χ4n) is 3.07. The third kappa shape index (κ3) is 3.31. The van der Waals surface area contributed by atoms with Crippen molar-refractivity contribution in [2.24, 2.45) is 0 Å². The van der Waals surface area contributed by atoms with Gasteiger partial charge in [0.2, 0.25) is 5.95 Å². The molecule has 0 N–H and O–H groups in total. The molecule has 5 nitrogen and oxygen atoms in total. The number of nitrogens with zero attached hydrogens (tertiary/aromatic N) is 4. The summed E-state index contributed by atoms with van der Waals surface area (Å²) < 4.78 is 5.26. The quantitative estimate of drug-likeness (QED) is 0.727. The van der Waals surface area contributed by atoms with Gasteiger partial charge < -0.3 is 9.64 Å². The maximum absolute atomic E-state index is 5.26. The first-order chi connectivity index (χ1) is 12.3. The van der Waals surface area contributed by atoms with Crippen molar-refractivity contribution in [2.75, 3.05) is 25.1 Å². The second-order valence-electron chi connectivity index (χ2n) is 6.10. The van der Waals surface area contributed by atoms with Gasteiger partial charge in [-0.25, -0.2) is 9.97 Å². The van der Waals surface area contributed by atoms with Crippen molar-refractivity contribution in [2.45, 2.75) is 12.8 Å². The average molecular weight is 332 g/mol. The monoisotopic (exact) mass is 332 g/mol. The molecule has 3 aromatic rings. The van der Waals surface area contributed by atoms with Crippen LogP contribution in [0.25, 0.3) is 22.5 Å². The molecule has 25 heavy (non-hydrogen) atoms. The van der Waals surface area contributed by atoms with Crippen LogP contribution in [-0.4, -0.2) is 35.2 Å². The van der Waals surface area contributed by atoms with Gasteiger partial charge in [-0.1, -0.05) is 0 Å². The van der Waals surface area contributed by atoms with Crippen LogP contribution in [0.4, 0.5) is 5.95 Å². The number of anilines is 1. The molecule has 1 aliphatic rings. The molecule has 0 bridgehead atoms. The van der Waals surface area contributed by atoms with Gasteiger partial charge in [0.15, 0.2) is 0 Å². The summed E-state index contributed by atoms with van der Waals surface area (Å²) in [6, 6.07) is 14.0. The van der Waals surface area contributed by atoms with Gasteiger partial charge in [0, 0.05) is 36.6 Å². The highest BCUT2D eigenvalue weighted by atomic mass is 16.5. The lowest BCUT2D eigenvalue weighted by atomic mass is 10.1. The molecule has 0 unspecified atom stereocenters. The maximum Gasteiger partial charge on any atom is 0.226 e. The molecule has 2 aromatic heterocycles. The second kappa shape index (κ2) is 6.89. The van der Waals surface area contributed by atoms with Crippen molar-refractivity contribution in [1.82, 2.24) is 15.0 Å². The Kier molecular flexibility index (Phi) is 4.29. The van der Waals surface area contributed by atoms with Gasteiger partial charge in [-0.15, -0.1) is 0 Å². The maximum atomic E-state index is 5.26. The lowest BCUT2D eigenvalue weighted by Gasteiger charge is -2.17. The number of benzene rings is 1. The normalized spacial score (nSPS) is 13.9. The Morgan fingerprint density at radius 1 is 0.840 bits per heavy atom. The Hall–Kier alpha value is -2.95. The minimum Gasteiger partial charge on any atom is -0.497 e. The predicted octanol–water partition coefficient (Wildman–Crippen LogP) is 3.81. The highest BCUT2D eigenvalue weighted by molar-refractivity contribution is 5.69. The number of aromatic nitrogens is 3. The van der Waals surface area contributed by atoms with E-state index in [1.54, 1.807) is 19.5 Å². The topological polar surface area (TPSA) is 51.1 Å². The van der Waals surface area contributed by atoms with Crippen LogP contribution in [0.1, 0.15) is 12.8 Å². The molecule has 126 valence electrons. The van der Waals surface area contributed by atoms with Crippen LogP contribution < -0.4 is 9.64 Å². The van der Waals surface area contributed by atoms with E-state index in [-0.39, 0.29) is 0 Å². The van der Waals surface area contributed by atoms with E-state index in [0.717, 1.165) is 47.3 Å². The molecular formula is C20H20N4O. The van der Waals surface area contributed by atoms with Gasteiger partial charge >= 0.3 is 0 Å². The Labute approximate surface area is 147 Å². The molecule has 1 aromatic carbocycles. The van der Waals surface area contributed by atoms with E-state index in [0.29, 0.717) is 0 Å². The molecule has 4 rings (SSSR count). The SMILES string of the molecule is COc1ccc(-c2cc(-c3ccncc3)nc(N3CCCC3)n2)cc1. The van der Waals surface area contributed by atoms with Crippen molar-refractivity contribution < 1.29 is 4.74 Å². The molecule has 1 saturated heterocycles. The molecule has 0 radical (unpaired) electrons. The van der Waals surface area contributed by atoms with Gasteiger partial charge in [0.1, 0.15) is 5.75 Å². The molecule has 0 spiro atoms. The minimum absolute atomic E-state index is 0.803. The molecule has 0 saturated carbocycles. The zero-order valence-electron chi connectivity index (χ0n) is 14.2. The van der Waals surface area contributed by atoms with Crippen LogP contribution in [0, 0.1) is 0 Å². The molecule has 5 heteroatoms. The first kappa shape index (κ1) is 15.6. The highest BCUT2D eigenvalue weighted by Crippen LogP contribution is 2.28. The Bertz CT molecular complexity index is 843. The van der Waals surface area contributed by atoms with Gasteiger partial charge in [0.25, 0.3) is 0 Å². The Morgan fingerprint density at radius 2 is 1.44 bits per heavy atom. The Morgan fingerprint density at radius 3 is 2.04 bits per heavy atom. The van der Waals surface area contributed by atoms with E-state index in [2.05, 4.69) is 9.88 Å². The predicted molar refractivity (Wildman–Crippen MR) is 98.7 cm³/mol. The van der Waals surface area contributed by atoms with Crippen molar-refractivity contribution in [1.29, 1.82) is 0 Å². The number of rotatable bonds is 4. The van der Waals surface area contributed by atoms with Crippen molar-refractivity contribution >= 4 is 5.95 Å². The summed E-state index contributed by atoms with van der Waals surface area (Å²) in [6.07, 6.45) is 5.97. The van der Waals surface area contributed by atoms with Crippen molar-refractivity contribution in [3.05, 3.63) is 54.9 Å². The average Bonchev–Trinajstić information content (AvgIpc) is 3.23. The van der Waals surface area contributed by atoms with Gasteiger partial charge in [-0.05, 0) is 55.3 Å². The lowest BCUT2D eigenvalue weighted by Crippen LogP contribution is -2.20. The fraction of sp³-hybridized carbons (Fsp3) is 0.250. The van der Waals surface area contributed by atoms with Gasteiger partial charge in [0.05, 0.1) is 18.5 Å². The summed E-state index contributed by atoms with van der Waals surface area (Å²) in [5.74, 6) is 1.64. The van der Waals surface area contributed by atoms with Crippen LogP contribution in [-0.2, 0) is 0 Å². The van der Waals surface area contributed by atoms with Crippen molar-refractivity contribution in [3.8, 4) is 28.3 Å². The van der Waals surface area contributed by atoms with Gasteiger partial charge in [-0.2, -0.15) is 0 Å². The number of ether oxygens (including phenoxy) is 1. The summed E-state index contributed by atoms with van der Waals surface area (Å²) in [4.78, 5) is 16.0. The number of hydrogen-bond donors (Lipinski definition) is 0. The first-order valence-corrected chi connectivity index (χ1v) is 8.52. The molecular weight excluding hydrogens is 312 g/mol. The lowest BCUT2D eigenvalue weighted by molar-refractivity contribution is 0.415. The number of pyridine rings is 1. The number of hydrogen-bond acceptors (Lipinski definition) is 5. The summed E-state index contributed by atoms with van der Waals surface area (Å²) in [6.45, 7) is 2.03. The van der Waals surface area contributed by atoms with E-state index < -0.39 is 0 Å². The summed E-state index contributed by atoms with van der Waals surface area (Å²) in [5.41, 5.74) is 3.95. The first-order valence-electron chi connectivity index (χ1n) is 8.52. The van der Waals surface area contributed by atoms with Crippen molar-refractivity contribution in [3.63, 3.8) is 0 Å². The zero-order chi connectivity index (χ0) is 17.1. The highest BCUT2D eigenvalue weighted by Gasteiger charge is 2.17. The summed E-state index contributed by atoms with van der Waals surface area (Å²) in [7, 11) is 1.67. The Balaban J connectivity index is 1.80. The van der Waals surface area contributed by atoms with E-state index >= 15 is 0 Å². The number of methoxy groups -OCH3 is 1. The molecule has 0 aliphatic carbocycles. The third-order valence-electron chi connectivity index (χ3n) is 4.47. The second-order valence-corrected chi connectivity index (χ2v) is 6.10. The molecule has 1 fully saturated rings. The smallest absolute Gasteiger partial charge is 0.226 e. The van der Waals surface area contributed by atoms with Crippen LogP contribution in [0.5, 0.6) is 5.75 Å².